The first-order valence-corrected chi connectivity index (χ1v) is 7.99. The molecule has 1 aliphatic heterocycles. The normalized spacial score (nSPS) is 28.5. The maximum atomic E-state index is 12.9. The molecule has 21 heavy (non-hydrogen) atoms. The lowest BCUT2D eigenvalue weighted by Gasteiger charge is -2.33. The highest BCUT2D eigenvalue weighted by Crippen LogP contribution is 2.40. The SMILES string of the molecule is Cc1cc(=O)c(C(=O)N2[C@H](C)C[C@@H]3CCCC[C@H]32)cn1C. The van der Waals surface area contributed by atoms with Gasteiger partial charge in [-0.2, -0.15) is 0 Å². The molecule has 0 bridgehead atoms. The number of hydrogen-bond donors (Lipinski definition) is 0. The number of rotatable bonds is 1. The Labute approximate surface area is 125 Å². The van der Waals surface area contributed by atoms with E-state index in [0.717, 1.165) is 18.5 Å². The third-order valence-corrected chi connectivity index (χ3v) is 5.29. The molecule has 1 saturated carbocycles. The monoisotopic (exact) mass is 288 g/mol. The van der Waals surface area contributed by atoms with Crippen LogP contribution in [0.3, 0.4) is 0 Å². The Hall–Kier alpha value is -1.58. The third kappa shape index (κ3) is 2.41. The van der Waals surface area contributed by atoms with Crippen LogP contribution in [0, 0.1) is 12.8 Å². The van der Waals surface area contributed by atoms with E-state index in [1.807, 2.05) is 23.4 Å². The van der Waals surface area contributed by atoms with Gasteiger partial charge in [0.05, 0.1) is 0 Å². The summed E-state index contributed by atoms with van der Waals surface area (Å²) in [5.41, 5.74) is 1.05. The highest BCUT2D eigenvalue weighted by molar-refractivity contribution is 5.94. The fraction of sp³-hybridized carbons (Fsp3) is 0.647. The van der Waals surface area contributed by atoms with Crippen molar-refractivity contribution < 1.29 is 4.79 Å². The lowest BCUT2D eigenvalue weighted by atomic mass is 9.85. The second kappa shape index (κ2) is 5.32. The summed E-state index contributed by atoms with van der Waals surface area (Å²) in [6.45, 7) is 4.00. The van der Waals surface area contributed by atoms with Crippen LogP contribution in [-0.2, 0) is 7.05 Å². The molecule has 2 heterocycles. The first-order valence-electron chi connectivity index (χ1n) is 7.99. The van der Waals surface area contributed by atoms with Gasteiger partial charge in [0.25, 0.3) is 5.91 Å². The summed E-state index contributed by atoms with van der Waals surface area (Å²) in [4.78, 5) is 27.1. The molecule has 1 saturated heterocycles. The minimum atomic E-state index is -0.151. The largest absolute Gasteiger partial charge is 0.354 e. The number of carbonyl (C=O) groups excluding carboxylic acids is 1. The molecular weight excluding hydrogens is 264 g/mol. The van der Waals surface area contributed by atoms with E-state index in [0.29, 0.717) is 17.5 Å². The van der Waals surface area contributed by atoms with Crippen molar-refractivity contribution in [1.82, 2.24) is 9.47 Å². The van der Waals surface area contributed by atoms with Crippen molar-refractivity contribution in [3.05, 3.63) is 33.7 Å². The lowest BCUT2D eigenvalue weighted by molar-refractivity contribution is 0.0631. The molecule has 0 spiro atoms. The number of hydrogen-bond acceptors (Lipinski definition) is 2. The van der Waals surface area contributed by atoms with Crippen molar-refractivity contribution in [3.63, 3.8) is 0 Å². The Morgan fingerprint density at radius 3 is 2.76 bits per heavy atom. The molecule has 1 aliphatic carbocycles. The molecule has 4 nitrogen and oxygen atoms in total. The van der Waals surface area contributed by atoms with Crippen LogP contribution >= 0.6 is 0 Å². The van der Waals surface area contributed by atoms with Gasteiger partial charge in [-0.1, -0.05) is 12.8 Å². The van der Waals surface area contributed by atoms with Gasteiger partial charge in [0, 0.05) is 37.1 Å². The van der Waals surface area contributed by atoms with Crippen molar-refractivity contribution in [3.8, 4) is 0 Å². The summed E-state index contributed by atoms with van der Waals surface area (Å²) >= 11 is 0. The predicted molar refractivity (Wildman–Crippen MR) is 82.4 cm³/mol. The molecule has 0 N–H and O–H groups in total. The van der Waals surface area contributed by atoms with E-state index in [1.54, 1.807) is 12.3 Å². The summed E-state index contributed by atoms with van der Waals surface area (Å²) in [5, 5.41) is 0. The number of carbonyl (C=O) groups is 1. The maximum absolute atomic E-state index is 12.9. The Kier molecular flexibility index (Phi) is 3.64. The van der Waals surface area contributed by atoms with Gasteiger partial charge in [-0.3, -0.25) is 9.59 Å². The highest BCUT2D eigenvalue weighted by atomic mass is 16.2. The van der Waals surface area contributed by atoms with Gasteiger partial charge in [-0.15, -0.1) is 0 Å². The minimum absolute atomic E-state index is 0.0718. The summed E-state index contributed by atoms with van der Waals surface area (Å²) < 4.78 is 1.85. The fourth-order valence-electron chi connectivity index (χ4n) is 4.09. The number of fused-ring (bicyclic) bond motifs is 1. The number of aromatic nitrogens is 1. The number of pyridine rings is 1. The topological polar surface area (TPSA) is 42.3 Å². The number of likely N-dealkylation sites (tertiary alicyclic amines) is 1. The van der Waals surface area contributed by atoms with Gasteiger partial charge in [-0.25, -0.2) is 0 Å². The van der Waals surface area contributed by atoms with Crippen LogP contribution in [0.5, 0.6) is 0 Å². The maximum Gasteiger partial charge on any atom is 0.259 e. The van der Waals surface area contributed by atoms with Crippen molar-refractivity contribution in [2.24, 2.45) is 13.0 Å². The van der Waals surface area contributed by atoms with Crippen molar-refractivity contribution in [1.29, 1.82) is 0 Å². The van der Waals surface area contributed by atoms with Crippen LogP contribution in [0.25, 0.3) is 0 Å². The van der Waals surface area contributed by atoms with Crippen LogP contribution in [0.2, 0.25) is 0 Å². The molecule has 0 unspecified atom stereocenters. The molecule has 3 rings (SSSR count). The molecular formula is C17H24N2O2. The van der Waals surface area contributed by atoms with Gasteiger partial charge in [0.2, 0.25) is 0 Å². The van der Waals surface area contributed by atoms with Crippen LogP contribution in [0.4, 0.5) is 0 Å². The van der Waals surface area contributed by atoms with Gasteiger partial charge in [-0.05, 0) is 39.0 Å². The first-order chi connectivity index (χ1) is 9.99. The zero-order chi connectivity index (χ0) is 15.1. The zero-order valence-electron chi connectivity index (χ0n) is 13.1. The second-order valence-corrected chi connectivity index (χ2v) is 6.71. The first kappa shape index (κ1) is 14.4. The summed E-state index contributed by atoms with van der Waals surface area (Å²) in [6.07, 6.45) is 7.58. The fourth-order valence-corrected chi connectivity index (χ4v) is 4.09. The predicted octanol–water partition coefficient (Wildman–Crippen LogP) is 2.49. The molecule has 114 valence electrons. The van der Waals surface area contributed by atoms with E-state index in [1.165, 1.54) is 19.3 Å². The highest BCUT2D eigenvalue weighted by Gasteiger charge is 2.43. The molecule has 3 atom stereocenters. The quantitative estimate of drug-likeness (QED) is 0.796. The van der Waals surface area contributed by atoms with Crippen LogP contribution in [0.1, 0.15) is 55.1 Å². The van der Waals surface area contributed by atoms with Gasteiger partial charge in [0.15, 0.2) is 5.43 Å². The van der Waals surface area contributed by atoms with Gasteiger partial charge >= 0.3 is 0 Å². The Morgan fingerprint density at radius 1 is 1.29 bits per heavy atom. The second-order valence-electron chi connectivity index (χ2n) is 6.71. The molecule has 2 aliphatic rings. The standard InChI is InChI=1S/C17H24N2O2/c1-11-9-16(20)14(10-18(11)3)17(21)19-12(2)8-13-6-4-5-7-15(13)19/h9-10,12-13,15H,4-8H2,1-3H3/t12-,13+,15-/m1/s1. The Bertz CT molecular complexity index is 620. The van der Waals surface area contributed by atoms with Crippen molar-refractivity contribution >= 4 is 5.91 Å². The number of amides is 1. The molecule has 1 amide bonds. The minimum Gasteiger partial charge on any atom is -0.354 e. The van der Waals surface area contributed by atoms with Gasteiger partial charge < -0.3 is 9.47 Å². The molecule has 1 aromatic rings. The Balaban J connectivity index is 1.94. The van der Waals surface area contributed by atoms with Crippen molar-refractivity contribution in [2.45, 2.75) is 58.0 Å². The molecule has 0 radical (unpaired) electrons. The molecule has 0 aromatic carbocycles. The van der Waals surface area contributed by atoms with E-state index < -0.39 is 0 Å². The van der Waals surface area contributed by atoms with Gasteiger partial charge in [0.1, 0.15) is 5.56 Å². The number of nitrogens with zero attached hydrogens (tertiary/aromatic N) is 2. The smallest absolute Gasteiger partial charge is 0.259 e. The molecule has 1 aromatic heterocycles. The van der Waals surface area contributed by atoms with Crippen LogP contribution in [-0.4, -0.2) is 27.5 Å². The Morgan fingerprint density at radius 2 is 2.00 bits per heavy atom. The average molecular weight is 288 g/mol. The average Bonchev–Trinajstić information content (AvgIpc) is 2.78. The molecule has 4 heteroatoms. The van der Waals surface area contributed by atoms with E-state index in [-0.39, 0.29) is 17.4 Å². The van der Waals surface area contributed by atoms with Crippen molar-refractivity contribution in [2.75, 3.05) is 0 Å². The summed E-state index contributed by atoms with van der Waals surface area (Å²) in [6, 6.07) is 2.15. The van der Waals surface area contributed by atoms with Crippen LogP contribution < -0.4 is 5.43 Å². The van der Waals surface area contributed by atoms with E-state index >= 15 is 0 Å². The molecule has 2 fully saturated rings. The van der Waals surface area contributed by atoms with E-state index in [4.69, 9.17) is 0 Å². The van der Waals surface area contributed by atoms with E-state index in [9.17, 15) is 9.59 Å². The number of aryl methyl sites for hydroxylation is 2. The summed E-state index contributed by atoms with van der Waals surface area (Å²) in [5.74, 6) is 0.560. The lowest BCUT2D eigenvalue weighted by Crippen LogP contribution is -2.44. The van der Waals surface area contributed by atoms with Crippen LogP contribution in [0.15, 0.2) is 17.1 Å². The summed E-state index contributed by atoms with van der Waals surface area (Å²) in [7, 11) is 1.88. The van der Waals surface area contributed by atoms with E-state index in [2.05, 4.69) is 6.92 Å². The zero-order valence-corrected chi connectivity index (χ0v) is 13.1. The third-order valence-electron chi connectivity index (χ3n) is 5.29.